The van der Waals surface area contributed by atoms with E-state index in [2.05, 4.69) is 0 Å². The molecule has 30 valence electrons. The second kappa shape index (κ2) is 3.96. The smallest absolute Gasteiger partial charge is 0.0853 e. The lowest BCUT2D eigenvalue weighted by Crippen LogP contribution is -1.74. The fraction of sp³-hybridized carbons (Fsp3) is 0.750. The minimum Gasteiger partial charge on any atom is -0.236 e. The summed E-state index contributed by atoms with van der Waals surface area (Å²) in [6.07, 6.45) is 2.60. The van der Waals surface area contributed by atoms with Crippen LogP contribution in [0.1, 0.15) is 13.3 Å². The summed E-state index contributed by atoms with van der Waals surface area (Å²) in [6.45, 7) is 1.92. The van der Waals surface area contributed by atoms with Crippen LogP contribution in [0.15, 0.2) is 0 Å². The predicted octanol–water partition coefficient (Wildman–Crippen LogP) is 1.03. The lowest BCUT2D eigenvalue weighted by atomic mass is 10.4. The summed E-state index contributed by atoms with van der Waals surface area (Å²) >= 11 is 0. The molecule has 0 aliphatic rings. The molecule has 0 rings (SSSR count). The lowest BCUT2D eigenvalue weighted by Gasteiger charge is -1.75. The Bertz CT molecular complexity index is 11.1. The maximum Gasteiger partial charge on any atom is 0.0853 e. The maximum absolute atomic E-state index is 9.47. The van der Waals surface area contributed by atoms with Gasteiger partial charge in [0, 0.05) is 0 Å². The van der Waals surface area contributed by atoms with E-state index >= 15 is 0 Å². The van der Waals surface area contributed by atoms with Crippen LogP contribution in [0.25, 0.3) is 0 Å². The van der Waals surface area contributed by atoms with Crippen LogP contribution in [0.3, 0.4) is 0 Å². The molecule has 0 atom stereocenters. The van der Waals surface area contributed by atoms with Crippen LogP contribution in [-0.4, -0.2) is 6.61 Å². The van der Waals surface area contributed by atoms with Crippen LogP contribution in [0.5, 0.6) is 0 Å². The molecule has 0 aromatic heterocycles. The van der Waals surface area contributed by atoms with Gasteiger partial charge >= 0.3 is 0 Å². The van der Waals surface area contributed by atoms with Gasteiger partial charge in [-0.05, 0) is 6.42 Å². The molecule has 0 saturated carbocycles. The van der Waals surface area contributed by atoms with Crippen LogP contribution >= 0.6 is 0 Å². The Morgan fingerprint density at radius 3 is 2.40 bits per heavy atom. The molecule has 0 amide bonds. The second-order valence-electron chi connectivity index (χ2n) is 0.864. The lowest BCUT2D eigenvalue weighted by molar-refractivity contribution is 0.218. The summed E-state index contributed by atoms with van der Waals surface area (Å²) in [5.41, 5.74) is 0. The van der Waals surface area contributed by atoms with Crippen molar-refractivity contribution in [2.45, 2.75) is 13.3 Å². The van der Waals surface area contributed by atoms with Crippen LogP contribution in [0, 0.1) is 6.42 Å². The Morgan fingerprint density at radius 2 is 2.40 bits per heavy atom. The van der Waals surface area contributed by atoms with Gasteiger partial charge in [-0.3, -0.25) is 0 Å². The molecule has 0 heterocycles. The van der Waals surface area contributed by atoms with Gasteiger partial charge in [0.2, 0.25) is 0 Å². The van der Waals surface area contributed by atoms with E-state index in [0.717, 1.165) is 6.42 Å². The van der Waals surface area contributed by atoms with Gasteiger partial charge in [0.15, 0.2) is 0 Å². The summed E-state index contributed by atoms with van der Waals surface area (Å²) in [6, 6.07) is 0. The number of hydrogen-bond donors (Lipinski definition) is 0. The molecular formula is C4H8O. The highest BCUT2D eigenvalue weighted by atomic mass is 16.2. The molecule has 0 unspecified atom stereocenters. The highest BCUT2D eigenvalue weighted by Gasteiger charge is 1.72. The Morgan fingerprint density at radius 1 is 1.80 bits per heavy atom. The fourth-order valence-electron chi connectivity index (χ4n) is 0.118. The van der Waals surface area contributed by atoms with Crippen molar-refractivity contribution in [2.75, 3.05) is 6.61 Å². The molecule has 0 fully saturated rings. The van der Waals surface area contributed by atoms with Crippen LogP contribution in [0.4, 0.5) is 0 Å². The van der Waals surface area contributed by atoms with Gasteiger partial charge in [-0.1, -0.05) is 13.3 Å². The van der Waals surface area contributed by atoms with Gasteiger partial charge in [-0.2, -0.15) is 0 Å². The average Bonchev–Trinajstić information content (AvgIpc) is 1.41. The van der Waals surface area contributed by atoms with Gasteiger partial charge in [0.1, 0.15) is 0 Å². The molecule has 1 heteroatoms. The third-order valence-corrected chi connectivity index (χ3v) is 0.407. The van der Waals surface area contributed by atoms with Crippen molar-refractivity contribution in [3.8, 4) is 0 Å². The molecule has 2 radical (unpaired) electrons. The second-order valence-corrected chi connectivity index (χ2v) is 0.864. The van der Waals surface area contributed by atoms with Gasteiger partial charge in [0.05, 0.1) is 6.61 Å². The standard InChI is InChI=1S/C4H8O/c1-2-3-4-5/h3H,2,4H2,1H3. The normalized spacial score (nSPS) is 8.40. The zero-order valence-electron chi connectivity index (χ0n) is 3.40. The minimum atomic E-state index is -0.0312. The van der Waals surface area contributed by atoms with E-state index in [9.17, 15) is 5.11 Å². The van der Waals surface area contributed by atoms with Crippen molar-refractivity contribution in [1.29, 1.82) is 0 Å². The molecular weight excluding hydrogens is 64.0 g/mol. The van der Waals surface area contributed by atoms with E-state index in [4.69, 9.17) is 0 Å². The van der Waals surface area contributed by atoms with Gasteiger partial charge in [0.25, 0.3) is 0 Å². The number of rotatable bonds is 2. The van der Waals surface area contributed by atoms with Crippen molar-refractivity contribution in [2.24, 2.45) is 0 Å². The summed E-state index contributed by atoms with van der Waals surface area (Å²) in [7, 11) is 0. The molecule has 1 nitrogen and oxygen atoms in total. The summed E-state index contributed by atoms with van der Waals surface area (Å²) in [4.78, 5) is 0. The van der Waals surface area contributed by atoms with Crippen LogP contribution < -0.4 is 0 Å². The quantitative estimate of drug-likeness (QED) is 0.464. The molecule has 0 aromatic rings. The van der Waals surface area contributed by atoms with Crippen molar-refractivity contribution in [3.05, 3.63) is 6.42 Å². The first-order valence-electron chi connectivity index (χ1n) is 1.81. The van der Waals surface area contributed by atoms with Crippen molar-refractivity contribution in [3.63, 3.8) is 0 Å². The third kappa shape index (κ3) is 3.96. The molecule has 0 aliphatic carbocycles. The molecule has 5 heavy (non-hydrogen) atoms. The molecule has 0 spiro atoms. The van der Waals surface area contributed by atoms with E-state index in [0.29, 0.717) is 0 Å². The van der Waals surface area contributed by atoms with Gasteiger partial charge < -0.3 is 0 Å². The zero-order chi connectivity index (χ0) is 4.12. The zero-order valence-corrected chi connectivity index (χ0v) is 3.40. The average molecular weight is 72.1 g/mol. The SMILES string of the molecule is CC[CH]C[O]. The Balaban J connectivity index is 2.19. The molecule has 0 bridgehead atoms. The fourth-order valence-corrected chi connectivity index (χ4v) is 0.118. The first-order chi connectivity index (χ1) is 2.41. The number of unbranched alkanes of at least 4 members (excludes halogenated alkanes) is 1. The topological polar surface area (TPSA) is 19.9 Å². The molecule has 0 aromatic carbocycles. The first-order valence-corrected chi connectivity index (χ1v) is 1.81. The Kier molecular flexibility index (Phi) is 3.93. The summed E-state index contributed by atoms with van der Waals surface area (Å²) < 4.78 is 0. The first kappa shape index (κ1) is 4.96. The highest BCUT2D eigenvalue weighted by molar-refractivity contribution is 4.54. The summed E-state index contributed by atoms with van der Waals surface area (Å²) in [5, 5.41) is 9.47. The Hall–Kier alpha value is -0.0400. The molecule has 0 aliphatic heterocycles. The van der Waals surface area contributed by atoms with Crippen LogP contribution in [-0.2, 0) is 5.11 Å². The van der Waals surface area contributed by atoms with E-state index < -0.39 is 0 Å². The largest absolute Gasteiger partial charge is 0.236 e. The van der Waals surface area contributed by atoms with E-state index in [1.807, 2.05) is 6.92 Å². The van der Waals surface area contributed by atoms with Crippen LogP contribution in [0.2, 0.25) is 0 Å². The monoisotopic (exact) mass is 72.1 g/mol. The van der Waals surface area contributed by atoms with Crippen molar-refractivity contribution in [1.82, 2.24) is 0 Å². The van der Waals surface area contributed by atoms with Crippen molar-refractivity contribution < 1.29 is 5.11 Å². The Labute approximate surface area is 32.6 Å². The minimum absolute atomic E-state index is 0.0312. The molecule has 0 saturated heterocycles. The van der Waals surface area contributed by atoms with Crippen molar-refractivity contribution >= 4 is 0 Å². The van der Waals surface area contributed by atoms with Gasteiger partial charge in [-0.25, -0.2) is 5.11 Å². The maximum atomic E-state index is 9.47. The van der Waals surface area contributed by atoms with Gasteiger partial charge in [-0.15, -0.1) is 0 Å². The highest BCUT2D eigenvalue weighted by Crippen LogP contribution is 1.77. The number of hydrogen-bond acceptors (Lipinski definition) is 0. The van der Waals surface area contributed by atoms with E-state index in [1.165, 1.54) is 0 Å². The third-order valence-electron chi connectivity index (χ3n) is 0.407. The van der Waals surface area contributed by atoms with E-state index in [-0.39, 0.29) is 6.61 Å². The van der Waals surface area contributed by atoms with E-state index in [1.54, 1.807) is 6.42 Å². The molecule has 0 N–H and O–H groups in total. The predicted molar refractivity (Wildman–Crippen MR) is 20.1 cm³/mol. The summed E-state index contributed by atoms with van der Waals surface area (Å²) in [5.74, 6) is 0.